The molecule has 1 unspecified atom stereocenters. The van der Waals surface area contributed by atoms with Crippen molar-refractivity contribution in [1.29, 1.82) is 0 Å². The maximum absolute atomic E-state index is 13.3. The number of nitrogens with zero attached hydrogens (tertiary/aromatic N) is 2. The summed E-state index contributed by atoms with van der Waals surface area (Å²) in [6, 6.07) is 3.87. The molecule has 1 atom stereocenters. The third-order valence-corrected chi connectivity index (χ3v) is 3.42. The van der Waals surface area contributed by atoms with E-state index in [1.165, 1.54) is 12.1 Å². The van der Waals surface area contributed by atoms with E-state index in [9.17, 15) is 14.5 Å². The van der Waals surface area contributed by atoms with Crippen LogP contribution >= 0.6 is 0 Å². The van der Waals surface area contributed by atoms with Crippen LogP contribution in [0.3, 0.4) is 0 Å². The third-order valence-electron chi connectivity index (χ3n) is 3.42. The molecule has 1 fully saturated rings. The molecule has 1 aromatic carbocycles. The van der Waals surface area contributed by atoms with Gasteiger partial charge in [0.15, 0.2) is 0 Å². The van der Waals surface area contributed by atoms with Crippen molar-refractivity contribution in [3.63, 3.8) is 0 Å². The van der Waals surface area contributed by atoms with Crippen LogP contribution in [0.4, 0.5) is 15.8 Å². The Bertz CT molecular complexity index is 467. The van der Waals surface area contributed by atoms with Gasteiger partial charge < -0.3 is 10.2 Å². The summed E-state index contributed by atoms with van der Waals surface area (Å²) in [5, 5.41) is 13.9. The lowest BCUT2D eigenvalue weighted by atomic mass is 10.1. The van der Waals surface area contributed by atoms with Crippen molar-refractivity contribution in [3.8, 4) is 0 Å². The SMILES string of the molecule is CN1CCCC(Nc2cc(F)cc([N+](=O)[O-])c2)CC1. The zero-order valence-electron chi connectivity index (χ0n) is 10.9. The fourth-order valence-corrected chi connectivity index (χ4v) is 2.38. The number of nitrogens with one attached hydrogen (secondary N) is 1. The van der Waals surface area contributed by atoms with E-state index in [0.717, 1.165) is 38.4 Å². The summed E-state index contributed by atoms with van der Waals surface area (Å²) in [6.45, 7) is 2.04. The predicted molar refractivity (Wildman–Crippen MR) is 71.8 cm³/mol. The van der Waals surface area contributed by atoms with Crippen molar-refractivity contribution in [1.82, 2.24) is 4.90 Å². The van der Waals surface area contributed by atoms with Crippen molar-refractivity contribution in [2.45, 2.75) is 25.3 Å². The molecule has 5 nitrogen and oxygen atoms in total. The molecular weight excluding hydrogens is 249 g/mol. The van der Waals surface area contributed by atoms with Crippen LogP contribution in [0.1, 0.15) is 19.3 Å². The monoisotopic (exact) mass is 267 g/mol. The average Bonchev–Trinajstić information content (AvgIpc) is 2.54. The Morgan fingerprint density at radius 1 is 1.37 bits per heavy atom. The Hall–Kier alpha value is -1.69. The molecule has 1 aromatic rings. The number of halogens is 1. The second kappa shape index (κ2) is 5.97. The van der Waals surface area contributed by atoms with Gasteiger partial charge in [-0.25, -0.2) is 4.39 Å². The minimum absolute atomic E-state index is 0.215. The van der Waals surface area contributed by atoms with Gasteiger partial charge in [-0.3, -0.25) is 10.1 Å². The van der Waals surface area contributed by atoms with Crippen molar-refractivity contribution in [2.75, 3.05) is 25.5 Å². The molecule has 1 N–H and O–H groups in total. The maximum Gasteiger partial charge on any atom is 0.274 e. The molecule has 6 heteroatoms. The van der Waals surface area contributed by atoms with Crippen LogP contribution in [0.2, 0.25) is 0 Å². The molecule has 0 aliphatic carbocycles. The summed E-state index contributed by atoms with van der Waals surface area (Å²) in [7, 11) is 2.08. The standard InChI is InChI=1S/C13H18FN3O2/c1-16-5-2-3-11(4-6-16)15-12-7-10(14)8-13(9-12)17(18)19/h7-9,11,15H,2-6H2,1H3. The minimum atomic E-state index is -0.581. The van der Waals surface area contributed by atoms with Gasteiger partial charge in [0, 0.05) is 17.8 Å². The zero-order valence-corrected chi connectivity index (χ0v) is 10.9. The largest absolute Gasteiger partial charge is 0.382 e. The predicted octanol–water partition coefficient (Wildman–Crippen LogP) is 2.63. The number of benzene rings is 1. The summed E-state index contributed by atoms with van der Waals surface area (Å²) < 4.78 is 13.3. The lowest BCUT2D eigenvalue weighted by Crippen LogP contribution is -2.23. The summed E-state index contributed by atoms with van der Waals surface area (Å²) in [5.41, 5.74) is 0.273. The van der Waals surface area contributed by atoms with E-state index in [2.05, 4.69) is 17.3 Å². The molecule has 0 radical (unpaired) electrons. The number of non-ortho nitro benzene ring substituents is 1. The number of nitro groups is 1. The molecule has 0 spiro atoms. The topological polar surface area (TPSA) is 58.4 Å². The van der Waals surface area contributed by atoms with E-state index in [-0.39, 0.29) is 11.7 Å². The first-order valence-corrected chi connectivity index (χ1v) is 6.44. The summed E-state index contributed by atoms with van der Waals surface area (Å²) in [6.07, 6.45) is 3.03. The summed E-state index contributed by atoms with van der Waals surface area (Å²) in [5.74, 6) is -0.581. The molecule has 19 heavy (non-hydrogen) atoms. The number of nitro benzene ring substituents is 1. The van der Waals surface area contributed by atoms with Crippen LogP contribution in [-0.4, -0.2) is 36.0 Å². The van der Waals surface area contributed by atoms with Gasteiger partial charge in [0.2, 0.25) is 0 Å². The molecule has 0 aromatic heterocycles. The second-order valence-electron chi connectivity index (χ2n) is 5.03. The molecular formula is C13H18FN3O2. The maximum atomic E-state index is 13.3. The Morgan fingerprint density at radius 2 is 2.16 bits per heavy atom. The van der Waals surface area contributed by atoms with Gasteiger partial charge in [0.05, 0.1) is 11.0 Å². The van der Waals surface area contributed by atoms with E-state index in [4.69, 9.17) is 0 Å². The van der Waals surface area contributed by atoms with Gasteiger partial charge in [0.1, 0.15) is 5.82 Å². The average molecular weight is 267 g/mol. The molecule has 1 aliphatic heterocycles. The zero-order chi connectivity index (χ0) is 13.8. The molecule has 1 saturated heterocycles. The van der Waals surface area contributed by atoms with Crippen LogP contribution < -0.4 is 5.32 Å². The Morgan fingerprint density at radius 3 is 2.89 bits per heavy atom. The highest BCUT2D eigenvalue weighted by Crippen LogP contribution is 2.22. The minimum Gasteiger partial charge on any atom is -0.382 e. The van der Waals surface area contributed by atoms with E-state index in [0.29, 0.717) is 5.69 Å². The number of hydrogen-bond acceptors (Lipinski definition) is 4. The van der Waals surface area contributed by atoms with Gasteiger partial charge in [-0.05, 0) is 45.5 Å². The molecule has 104 valence electrons. The van der Waals surface area contributed by atoms with Gasteiger partial charge in [0.25, 0.3) is 5.69 Å². The smallest absolute Gasteiger partial charge is 0.274 e. The fraction of sp³-hybridized carbons (Fsp3) is 0.538. The molecule has 0 bridgehead atoms. The quantitative estimate of drug-likeness (QED) is 0.675. The molecule has 0 amide bonds. The van der Waals surface area contributed by atoms with E-state index in [1.807, 2.05) is 0 Å². The van der Waals surface area contributed by atoms with Crippen LogP contribution in [-0.2, 0) is 0 Å². The Balaban J connectivity index is 2.07. The summed E-state index contributed by atoms with van der Waals surface area (Å²) >= 11 is 0. The van der Waals surface area contributed by atoms with Crippen LogP contribution in [0.25, 0.3) is 0 Å². The van der Waals surface area contributed by atoms with Crippen LogP contribution in [0, 0.1) is 15.9 Å². The molecule has 0 saturated carbocycles. The second-order valence-corrected chi connectivity index (χ2v) is 5.03. The van der Waals surface area contributed by atoms with Crippen molar-refractivity contribution < 1.29 is 9.31 Å². The van der Waals surface area contributed by atoms with Crippen LogP contribution in [0.15, 0.2) is 18.2 Å². The van der Waals surface area contributed by atoms with Gasteiger partial charge in [-0.15, -0.1) is 0 Å². The van der Waals surface area contributed by atoms with E-state index >= 15 is 0 Å². The fourth-order valence-electron chi connectivity index (χ4n) is 2.38. The first-order valence-electron chi connectivity index (χ1n) is 6.44. The Labute approximate surface area is 111 Å². The lowest BCUT2D eigenvalue weighted by Gasteiger charge is -2.18. The van der Waals surface area contributed by atoms with Crippen molar-refractivity contribution >= 4 is 11.4 Å². The van der Waals surface area contributed by atoms with Crippen LogP contribution in [0.5, 0.6) is 0 Å². The summed E-state index contributed by atoms with van der Waals surface area (Å²) in [4.78, 5) is 12.4. The number of likely N-dealkylation sites (tertiary alicyclic amines) is 1. The molecule has 1 aliphatic rings. The van der Waals surface area contributed by atoms with E-state index in [1.54, 1.807) is 0 Å². The molecule has 1 heterocycles. The number of rotatable bonds is 3. The third kappa shape index (κ3) is 3.89. The first-order chi connectivity index (χ1) is 9.04. The normalized spacial score (nSPS) is 20.8. The highest BCUT2D eigenvalue weighted by atomic mass is 19.1. The van der Waals surface area contributed by atoms with Crippen molar-refractivity contribution in [3.05, 3.63) is 34.1 Å². The lowest BCUT2D eigenvalue weighted by molar-refractivity contribution is -0.385. The van der Waals surface area contributed by atoms with Crippen molar-refractivity contribution in [2.24, 2.45) is 0 Å². The molecule has 2 rings (SSSR count). The highest BCUT2D eigenvalue weighted by molar-refractivity contribution is 5.52. The Kier molecular flexibility index (Phi) is 4.31. The van der Waals surface area contributed by atoms with E-state index < -0.39 is 10.7 Å². The van der Waals surface area contributed by atoms with Gasteiger partial charge in [-0.2, -0.15) is 0 Å². The van der Waals surface area contributed by atoms with Gasteiger partial charge in [-0.1, -0.05) is 0 Å². The first kappa shape index (κ1) is 13.7. The number of anilines is 1. The highest BCUT2D eigenvalue weighted by Gasteiger charge is 2.16. The van der Waals surface area contributed by atoms with Gasteiger partial charge >= 0.3 is 0 Å². The number of hydrogen-bond donors (Lipinski definition) is 1.